The molecule has 0 aliphatic rings. The van der Waals surface area contributed by atoms with Crippen LogP contribution in [0.5, 0.6) is 5.75 Å². The van der Waals surface area contributed by atoms with Gasteiger partial charge in [0.25, 0.3) is 0 Å². The number of hydrogen-bond acceptors (Lipinski definition) is 4. The van der Waals surface area contributed by atoms with Crippen LogP contribution in [0.1, 0.15) is 18.1 Å². The van der Waals surface area contributed by atoms with E-state index in [1.165, 1.54) is 0 Å². The Hall–Kier alpha value is -4.74. The molecule has 6 heteroatoms. The Morgan fingerprint density at radius 1 is 0.718 bits per heavy atom. The topological polar surface area (TPSA) is 52.8 Å². The predicted octanol–water partition coefficient (Wildman–Crippen LogP) is 7.51. The van der Waals surface area contributed by atoms with Crippen molar-refractivity contribution in [3.63, 3.8) is 0 Å². The van der Waals surface area contributed by atoms with Crippen LogP contribution >= 0.6 is 11.6 Å². The highest BCUT2D eigenvalue weighted by Crippen LogP contribution is 2.40. The fraction of sp³-hybridized carbons (Fsp3) is 0.0606. The monoisotopic (exact) mass is 529 g/mol. The highest BCUT2D eigenvalue weighted by molar-refractivity contribution is 6.32. The highest BCUT2D eigenvalue weighted by Gasteiger charge is 2.41. The van der Waals surface area contributed by atoms with E-state index in [4.69, 9.17) is 22.8 Å². The summed E-state index contributed by atoms with van der Waals surface area (Å²) in [6, 6.07) is 41.9. The number of nitrogens with zero attached hydrogens (tertiary/aromatic N) is 4. The van der Waals surface area contributed by atoms with E-state index in [0.29, 0.717) is 28.2 Å². The average Bonchev–Trinajstić information content (AvgIpc) is 3.50. The second-order valence-electron chi connectivity index (χ2n) is 9.03. The van der Waals surface area contributed by atoms with Gasteiger partial charge in [0, 0.05) is 5.56 Å². The molecule has 0 saturated heterocycles. The van der Waals surface area contributed by atoms with Crippen LogP contribution in [0.15, 0.2) is 133 Å². The van der Waals surface area contributed by atoms with E-state index < -0.39 is 5.54 Å². The molecule has 1 heterocycles. The first kappa shape index (κ1) is 23.4. The van der Waals surface area contributed by atoms with E-state index in [9.17, 15) is 0 Å². The summed E-state index contributed by atoms with van der Waals surface area (Å²) in [7, 11) is 1.59. The first-order chi connectivity index (χ1) is 19.6. The molecule has 0 spiro atoms. The van der Waals surface area contributed by atoms with Crippen LogP contribution in [0, 0.1) is 0 Å². The normalized spacial score (nSPS) is 11.7. The van der Waals surface area contributed by atoms with Crippen LogP contribution in [-0.4, -0.2) is 27.3 Å². The predicted molar refractivity (Wildman–Crippen MR) is 155 cm³/mol. The van der Waals surface area contributed by atoms with Crippen molar-refractivity contribution in [3.05, 3.63) is 155 Å². The second-order valence-corrected chi connectivity index (χ2v) is 9.44. The van der Waals surface area contributed by atoms with Gasteiger partial charge in [0.05, 0.1) is 13.5 Å². The third-order valence-electron chi connectivity index (χ3n) is 6.86. The summed E-state index contributed by atoms with van der Waals surface area (Å²) in [4.78, 5) is 1.68. The number of halogens is 1. The lowest BCUT2D eigenvalue weighted by atomic mass is 9.77. The van der Waals surface area contributed by atoms with Crippen LogP contribution in [0.2, 0.25) is 5.02 Å². The Kier molecular flexibility index (Phi) is 6.33. The first-order valence-electron chi connectivity index (χ1n) is 13.0. The molecule has 6 rings (SSSR count). The average molecular weight is 530 g/mol. The van der Waals surface area contributed by atoms with E-state index in [0.717, 1.165) is 27.8 Å². The Balaban J connectivity index is 1.59. The Labute approximate surface area is 233 Å². The number of hydrogen-bond donors (Lipinski definition) is 0. The smallest absolute Gasteiger partial charge is 0.205 e. The van der Waals surface area contributed by atoms with Gasteiger partial charge >= 0.3 is 0 Å². The molecule has 0 bridgehead atoms. The minimum atomic E-state index is -0.892. The molecule has 0 fully saturated rings. The summed E-state index contributed by atoms with van der Waals surface area (Å²) >= 11 is 6.47. The molecule has 5 nitrogen and oxygen atoms in total. The van der Waals surface area contributed by atoms with Crippen molar-refractivity contribution in [2.45, 2.75) is 5.54 Å². The number of rotatable bonds is 7. The van der Waals surface area contributed by atoms with E-state index >= 15 is 0 Å². The third kappa shape index (κ3) is 4.37. The van der Waals surface area contributed by atoms with Crippen LogP contribution in [0.3, 0.4) is 0 Å². The second kappa shape index (κ2) is 10.6. The lowest BCUT2D eigenvalue weighted by Crippen LogP contribution is -2.39. The zero-order valence-corrected chi connectivity index (χ0v) is 22.0. The molecule has 6 aromatic rings. The number of ether oxygens (including phenoxy) is 1. The van der Waals surface area contributed by atoms with Crippen LogP contribution in [0.25, 0.3) is 22.5 Å². The summed E-state index contributed by atoms with van der Waals surface area (Å²) < 4.78 is 13.7. The first-order valence-corrected chi connectivity index (χ1v) is 12.9. The molecule has 0 aliphatic carbocycles. The maximum Gasteiger partial charge on any atom is 0.205 e. The van der Waals surface area contributed by atoms with E-state index in [1.807, 2.05) is 78.9 Å². The molecular formula is C33H25ClN4O. The lowest BCUT2D eigenvalue weighted by Gasteiger charge is -2.34. The van der Waals surface area contributed by atoms with Crippen LogP contribution in [-0.2, 0) is 5.54 Å². The number of benzene rings is 5. The van der Waals surface area contributed by atoms with Gasteiger partial charge in [-0.3, -0.25) is 0 Å². The summed E-state index contributed by atoms with van der Waals surface area (Å²) in [6.07, 6.45) is 0. The Bertz CT molecular complexity index is 1660. The molecular weight excluding hydrogens is 504 g/mol. The van der Waals surface area contributed by atoms with Crippen molar-refractivity contribution in [3.8, 4) is 28.3 Å². The van der Waals surface area contributed by atoms with Gasteiger partial charge in [0.2, 0.25) is 5.82 Å². The lowest BCUT2D eigenvalue weighted by molar-refractivity contribution is 0.396. The largest absolute Gasteiger partial charge is 0.495 e. The van der Waals surface area contributed by atoms with Crippen molar-refractivity contribution in [2.24, 2.45) is 0 Å². The van der Waals surface area contributed by atoms with Gasteiger partial charge in [-0.2, -0.15) is 0 Å². The van der Waals surface area contributed by atoms with Gasteiger partial charge in [-0.1, -0.05) is 133 Å². The fourth-order valence-electron chi connectivity index (χ4n) is 5.05. The molecule has 0 atom stereocenters. The molecule has 0 N–H and O–H groups in total. The minimum absolute atomic E-state index is 0.343. The van der Waals surface area contributed by atoms with Crippen molar-refractivity contribution in [1.29, 1.82) is 0 Å². The van der Waals surface area contributed by atoms with Gasteiger partial charge in [-0.25, -0.2) is 0 Å². The number of tetrazole rings is 1. The molecule has 0 amide bonds. The third-order valence-corrected chi connectivity index (χ3v) is 7.15. The van der Waals surface area contributed by atoms with Gasteiger partial charge in [0.1, 0.15) is 5.75 Å². The standard InChI is InChI=1S/C33H25ClN4O/c1-39-31-22-21-24(23-30(31)34)28-19-11-12-20-29(28)32-35-37-38(36-32)33(25-13-5-2-6-14-25,26-15-7-3-8-16-26)27-17-9-4-10-18-27/h2-23H,1H3/i12D. The van der Waals surface area contributed by atoms with Gasteiger partial charge in [-0.15, -0.1) is 15.0 Å². The molecule has 39 heavy (non-hydrogen) atoms. The summed E-state index contributed by atoms with van der Waals surface area (Å²) in [5.74, 6) is 0.995. The summed E-state index contributed by atoms with van der Waals surface area (Å²) in [6.45, 7) is 0. The Morgan fingerprint density at radius 2 is 1.31 bits per heavy atom. The van der Waals surface area contributed by atoms with E-state index in [-0.39, 0.29) is 0 Å². The maximum atomic E-state index is 8.35. The van der Waals surface area contributed by atoms with Gasteiger partial charge in [-0.05, 0) is 45.2 Å². The number of aromatic nitrogens is 4. The zero-order chi connectivity index (χ0) is 27.5. The quantitative estimate of drug-likeness (QED) is 0.201. The summed E-state index contributed by atoms with van der Waals surface area (Å²) in [5, 5.41) is 14.7. The zero-order valence-electron chi connectivity index (χ0n) is 22.2. The van der Waals surface area contributed by atoms with Crippen molar-refractivity contribution < 1.29 is 6.11 Å². The van der Waals surface area contributed by atoms with Gasteiger partial charge < -0.3 is 4.74 Å². The molecule has 1 aromatic heterocycles. The SMILES string of the molecule is [2H]c1ccc(-c2ccc(OC)c(Cl)c2)c(-c2nnn(C(c3ccccc3)(c3ccccc3)c3ccccc3)n2)c1. The van der Waals surface area contributed by atoms with Gasteiger partial charge in [0.15, 0.2) is 5.54 Å². The summed E-state index contributed by atoms with van der Waals surface area (Å²) in [5.41, 5.74) is 4.47. The van der Waals surface area contributed by atoms with E-state index in [1.54, 1.807) is 24.0 Å². The van der Waals surface area contributed by atoms with Crippen molar-refractivity contribution in [2.75, 3.05) is 7.11 Å². The fourth-order valence-corrected chi connectivity index (χ4v) is 5.31. The van der Waals surface area contributed by atoms with Crippen LogP contribution in [0.4, 0.5) is 0 Å². The van der Waals surface area contributed by atoms with Crippen molar-refractivity contribution in [1.82, 2.24) is 20.2 Å². The molecule has 0 aliphatic heterocycles. The molecule has 0 radical (unpaired) electrons. The number of methoxy groups -OCH3 is 1. The molecule has 0 unspecified atom stereocenters. The highest BCUT2D eigenvalue weighted by atomic mass is 35.5. The minimum Gasteiger partial charge on any atom is -0.495 e. The van der Waals surface area contributed by atoms with Crippen LogP contribution < -0.4 is 4.74 Å². The molecule has 5 aromatic carbocycles. The van der Waals surface area contributed by atoms with Crippen molar-refractivity contribution >= 4 is 11.6 Å². The maximum absolute atomic E-state index is 8.35. The molecule has 190 valence electrons. The Morgan fingerprint density at radius 3 is 1.85 bits per heavy atom. The van der Waals surface area contributed by atoms with E-state index in [2.05, 4.69) is 46.7 Å². The molecule has 0 saturated carbocycles.